The van der Waals surface area contributed by atoms with Gasteiger partial charge >= 0.3 is 0 Å². The Morgan fingerprint density at radius 1 is 1.05 bits per heavy atom. The molecule has 1 aliphatic rings. The van der Waals surface area contributed by atoms with Crippen LogP contribution in [0.25, 0.3) is 0 Å². The van der Waals surface area contributed by atoms with Gasteiger partial charge in [0.1, 0.15) is 5.75 Å². The van der Waals surface area contributed by atoms with Crippen molar-refractivity contribution in [1.29, 1.82) is 0 Å². The highest BCUT2D eigenvalue weighted by Gasteiger charge is 2.15. The predicted molar refractivity (Wildman–Crippen MR) is 84.2 cm³/mol. The normalized spacial score (nSPS) is 13.0. The summed E-state index contributed by atoms with van der Waals surface area (Å²) in [6.07, 6.45) is 3.43. The van der Waals surface area contributed by atoms with E-state index in [2.05, 4.69) is 6.07 Å². The van der Waals surface area contributed by atoms with Crippen LogP contribution in [-0.2, 0) is 12.8 Å². The maximum Gasteiger partial charge on any atom is 0.200 e. The highest BCUT2D eigenvalue weighted by Crippen LogP contribution is 2.24. The third kappa shape index (κ3) is 2.85. The number of hydrogen-bond donors (Lipinski definition) is 0. The Bertz CT molecular complexity index is 666. The molecule has 2 heteroatoms. The smallest absolute Gasteiger partial charge is 0.200 e. The fraction of sp³-hybridized carbons (Fsp3) is 0.316. The molecule has 0 unspecified atom stereocenters. The Morgan fingerprint density at radius 3 is 2.52 bits per heavy atom. The first-order chi connectivity index (χ1) is 10.1. The van der Waals surface area contributed by atoms with Gasteiger partial charge in [-0.3, -0.25) is 4.79 Å². The predicted octanol–water partition coefficient (Wildman–Crippen LogP) is 4.05. The van der Waals surface area contributed by atoms with Crippen LogP contribution >= 0.6 is 0 Å². The number of fused-ring (bicyclic) bond motifs is 1. The number of Topliss-reactive ketones (excluding diaryl/α,β-unsaturated/α-hetero) is 1. The Kier molecular flexibility index (Phi) is 3.78. The Morgan fingerprint density at radius 2 is 1.76 bits per heavy atom. The quantitative estimate of drug-likeness (QED) is 0.790. The second kappa shape index (κ2) is 5.72. The zero-order valence-corrected chi connectivity index (χ0v) is 12.6. The number of carbonyl (C=O) groups excluding carboxylic acids is 1. The van der Waals surface area contributed by atoms with Gasteiger partial charge in [0.05, 0.1) is 0 Å². The van der Waals surface area contributed by atoms with Crippen molar-refractivity contribution in [2.75, 3.05) is 6.61 Å². The molecule has 0 saturated carbocycles. The van der Waals surface area contributed by atoms with Crippen LogP contribution in [0.1, 0.15) is 39.0 Å². The number of ketones is 1. The maximum absolute atomic E-state index is 12.3. The highest BCUT2D eigenvalue weighted by molar-refractivity contribution is 5.97. The minimum atomic E-state index is 0.0485. The average Bonchev–Trinajstić information content (AvgIpc) is 2.93. The van der Waals surface area contributed by atoms with Crippen molar-refractivity contribution < 1.29 is 9.53 Å². The van der Waals surface area contributed by atoms with Crippen molar-refractivity contribution >= 4 is 5.78 Å². The lowest BCUT2D eigenvalue weighted by Gasteiger charge is -2.11. The van der Waals surface area contributed by atoms with Crippen molar-refractivity contribution in [3.05, 3.63) is 64.2 Å². The number of ether oxygens (including phenoxy) is 1. The van der Waals surface area contributed by atoms with Crippen LogP contribution in [0.3, 0.4) is 0 Å². The number of carbonyl (C=O) groups is 1. The summed E-state index contributed by atoms with van der Waals surface area (Å²) in [6, 6.07) is 12.1. The number of para-hydroxylation sites is 1. The van der Waals surface area contributed by atoms with Crippen LogP contribution in [-0.4, -0.2) is 12.4 Å². The van der Waals surface area contributed by atoms with Crippen molar-refractivity contribution in [2.24, 2.45) is 0 Å². The van der Waals surface area contributed by atoms with Crippen LogP contribution in [0, 0.1) is 13.8 Å². The number of aryl methyl sites for hydroxylation is 4. The van der Waals surface area contributed by atoms with E-state index in [9.17, 15) is 4.79 Å². The molecule has 2 nitrogen and oxygen atoms in total. The average molecular weight is 280 g/mol. The molecule has 2 aromatic rings. The fourth-order valence-electron chi connectivity index (χ4n) is 2.99. The topological polar surface area (TPSA) is 26.3 Å². The van der Waals surface area contributed by atoms with E-state index in [0.717, 1.165) is 35.3 Å². The molecule has 21 heavy (non-hydrogen) atoms. The summed E-state index contributed by atoms with van der Waals surface area (Å²) in [5, 5.41) is 0. The summed E-state index contributed by atoms with van der Waals surface area (Å²) >= 11 is 0. The molecule has 0 fully saturated rings. The van der Waals surface area contributed by atoms with Gasteiger partial charge in [-0.15, -0.1) is 0 Å². The summed E-state index contributed by atoms with van der Waals surface area (Å²) in [5.74, 6) is 0.874. The number of benzene rings is 2. The molecule has 1 aliphatic carbocycles. The largest absolute Gasteiger partial charge is 0.485 e. The van der Waals surface area contributed by atoms with Gasteiger partial charge in [0.2, 0.25) is 0 Å². The van der Waals surface area contributed by atoms with Gasteiger partial charge in [0.25, 0.3) is 0 Å². The Hall–Kier alpha value is -2.09. The molecule has 0 amide bonds. The molecule has 3 rings (SSSR count). The second-order valence-corrected chi connectivity index (χ2v) is 5.77. The van der Waals surface area contributed by atoms with Crippen molar-refractivity contribution in [1.82, 2.24) is 0 Å². The summed E-state index contributed by atoms with van der Waals surface area (Å²) in [6.45, 7) is 4.11. The molecule has 0 bridgehead atoms. The number of hydrogen-bond acceptors (Lipinski definition) is 2. The van der Waals surface area contributed by atoms with E-state index in [1.165, 1.54) is 17.5 Å². The first-order valence-electron chi connectivity index (χ1n) is 7.49. The maximum atomic E-state index is 12.3. The van der Waals surface area contributed by atoms with Crippen LogP contribution < -0.4 is 4.74 Å². The minimum Gasteiger partial charge on any atom is -0.485 e. The third-order valence-electron chi connectivity index (χ3n) is 4.18. The molecule has 0 aliphatic heterocycles. The lowest BCUT2D eigenvalue weighted by atomic mass is 10.0. The van der Waals surface area contributed by atoms with E-state index in [4.69, 9.17) is 4.74 Å². The second-order valence-electron chi connectivity index (χ2n) is 5.77. The van der Waals surface area contributed by atoms with Crippen LogP contribution in [0.5, 0.6) is 5.75 Å². The van der Waals surface area contributed by atoms with Crippen LogP contribution in [0.2, 0.25) is 0 Å². The monoisotopic (exact) mass is 280 g/mol. The van der Waals surface area contributed by atoms with E-state index < -0.39 is 0 Å². The molecule has 0 aromatic heterocycles. The fourth-order valence-corrected chi connectivity index (χ4v) is 2.99. The highest BCUT2D eigenvalue weighted by atomic mass is 16.5. The standard InChI is InChI=1S/C19H20O2/c1-13-5-3-6-14(2)19(13)21-12-18(20)17-10-9-15-7-4-8-16(15)11-17/h3,5-6,9-11H,4,7-8,12H2,1-2H3. The molecule has 0 saturated heterocycles. The summed E-state index contributed by atoms with van der Waals surface area (Å²) < 4.78 is 5.75. The van der Waals surface area contributed by atoms with Gasteiger partial charge in [-0.1, -0.05) is 30.3 Å². The first-order valence-corrected chi connectivity index (χ1v) is 7.49. The zero-order chi connectivity index (χ0) is 14.8. The van der Waals surface area contributed by atoms with E-state index in [1.54, 1.807) is 0 Å². The molecule has 0 spiro atoms. The summed E-state index contributed by atoms with van der Waals surface area (Å²) in [5.41, 5.74) is 5.62. The van der Waals surface area contributed by atoms with E-state index in [1.807, 2.05) is 44.2 Å². The molecule has 0 radical (unpaired) electrons. The minimum absolute atomic E-state index is 0.0485. The summed E-state index contributed by atoms with van der Waals surface area (Å²) in [4.78, 5) is 12.3. The van der Waals surface area contributed by atoms with E-state index >= 15 is 0 Å². The molecule has 0 heterocycles. The van der Waals surface area contributed by atoms with Crippen molar-refractivity contribution in [2.45, 2.75) is 33.1 Å². The molecule has 0 atom stereocenters. The first kappa shape index (κ1) is 13.9. The lowest BCUT2D eigenvalue weighted by molar-refractivity contribution is 0.0920. The van der Waals surface area contributed by atoms with Gasteiger partial charge in [-0.05, 0) is 61.4 Å². The third-order valence-corrected chi connectivity index (χ3v) is 4.18. The van der Waals surface area contributed by atoms with Gasteiger partial charge in [-0.2, -0.15) is 0 Å². The van der Waals surface area contributed by atoms with E-state index in [0.29, 0.717) is 0 Å². The molecule has 0 N–H and O–H groups in total. The molecular formula is C19H20O2. The molecule has 2 aromatic carbocycles. The summed E-state index contributed by atoms with van der Waals surface area (Å²) in [7, 11) is 0. The lowest BCUT2D eigenvalue weighted by Crippen LogP contribution is -2.13. The van der Waals surface area contributed by atoms with Gasteiger partial charge in [-0.25, -0.2) is 0 Å². The van der Waals surface area contributed by atoms with Gasteiger partial charge in [0, 0.05) is 5.56 Å². The Labute approximate surface area is 125 Å². The number of rotatable bonds is 4. The molecule has 108 valence electrons. The van der Waals surface area contributed by atoms with E-state index in [-0.39, 0.29) is 12.4 Å². The van der Waals surface area contributed by atoms with Gasteiger partial charge in [0.15, 0.2) is 12.4 Å². The van der Waals surface area contributed by atoms with Crippen LogP contribution in [0.4, 0.5) is 0 Å². The SMILES string of the molecule is Cc1cccc(C)c1OCC(=O)c1ccc2c(c1)CCC2. The molecular weight excluding hydrogens is 260 g/mol. The van der Waals surface area contributed by atoms with Crippen molar-refractivity contribution in [3.63, 3.8) is 0 Å². The zero-order valence-electron chi connectivity index (χ0n) is 12.6. The Balaban J connectivity index is 1.72. The van der Waals surface area contributed by atoms with Gasteiger partial charge < -0.3 is 4.74 Å². The van der Waals surface area contributed by atoms with Crippen molar-refractivity contribution in [3.8, 4) is 5.75 Å². The van der Waals surface area contributed by atoms with Crippen LogP contribution in [0.15, 0.2) is 36.4 Å².